The fraction of sp³-hybridized carbons (Fsp3) is 0.688. The van der Waals surface area contributed by atoms with Crippen LogP contribution in [0, 0.1) is 0 Å². The van der Waals surface area contributed by atoms with Crippen molar-refractivity contribution in [2.24, 2.45) is 0 Å². The lowest BCUT2D eigenvalue weighted by Gasteiger charge is -2.32. The van der Waals surface area contributed by atoms with Crippen molar-refractivity contribution in [2.45, 2.75) is 43.9 Å². The smallest absolute Gasteiger partial charge is 0.339 e. The SMILES string of the molecule is O=C(NC1CCCN(CC(F)(F)F)C1=O)c1ccn(C2CCCNC2)n1. The molecule has 0 aromatic carbocycles. The van der Waals surface area contributed by atoms with Crippen LogP contribution in [-0.2, 0) is 4.79 Å². The van der Waals surface area contributed by atoms with Gasteiger partial charge in [0.05, 0.1) is 6.04 Å². The summed E-state index contributed by atoms with van der Waals surface area (Å²) in [6.45, 7) is 0.495. The maximum Gasteiger partial charge on any atom is 0.406 e. The average Bonchev–Trinajstić information content (AvgIpc) is 3.08. The Bertz CT molecular complexity index is 655. The minimum Gasteiger partial charge on any atom is -0.339 e. The second-order valence-corrected chi connectivity index (χ2v) is 6.72. The Hall–Kier alpha value is -2.10. The van der Waals surface area contributed by atoms with E-state index in [1.165, 1.54) is 0 Å². The van der Waals surface area contributed by atoms with E-state index in [2.05, 4.69) is 15.7 Å². The Kier molecular flexibility index (Phi) is 5.49. The van der Waals surface area contributed by atoms with Crippen LogP contribution >= 0.6 is 0 Å². The van der Waals surface area contributed by atoms with Crippen LogP contribution in [0.15, 0.2) is 12.3 Å². The van der Waals surface area contributed by atoms with Gasteiger partial charge in [0.25, 0.3) is 5.91 Å². The third-order valence-corrected chi connectivity index (χ3v) is 4.69. The molecule has 0 bridgehead atoms. The highest BCUT2D eigenvalue weighted by atomic mass is 19.4. The molecule has 0 aliphatic carbocycles. The number of hydrogen-bond donors (Lipinski definition) is 2. The molecule has 2 aliphatic heterocycles. The number of alkyl halides is 3. The maximum absolute atomic E-state index is 12.5. The summed E-state index contributed by atoms with van der Waals surface area (Å²) < 4.78 is 39.4. The number of amides is 2. The molecular formula is C16H22F3N5O2. The van der Waals surface area contributed by atoms with Crippen molar-refractivity contribution in [3.05, 3.63) is 18.0 Å². The Morgan fingerprint density at radius 2 is 2.15 bits per heavy atom. The van der Waals surface area contributed by atoms with Gasteiger partial charge in [-0.2, -0.15) is 18.3 Å². The number of halogens is 3. The molecule has 2 saturated heterocycles. The van der Waals surface area contributed by atoms with E-state index in [4.69, 9.17) is 0 Å². The average molecular weight is 373 g/mol. The number of aromatic nitrogens is 2. The minimum atomic E-state index is -4.45. The second-order valence-electron chi connectivity index (χ2n) is 6.72. The van der Waals surface area contributed by atoms with Gasteiger partial charge in [-0.3, -0.25) is 14.3 Å². The number of nitrogens with zero attached hydrogens (tertiary/aromatic N) is 3. The number of piperidine rings is 2. The maximum atomic E-state index is 12.5. The van der Waals surface area contributed by atoms with Crippen molar-refractivity contribution >= 4 is 11.8 Å². The van der Waals surface area contributed by atoms with Gasteiger partial charge in [0.1, 0.15) is 18.3 Å². The summed E-state index contributed by atoms with van der Waals surface area (Å²) in [4.78, 5) is 25.3. The van der Waals surface area contributed by atoms with Crippen LogP contribution in [0.5, 0.6) is 0 Å². The van der Waals surface area contributed by atoms with Crippen LogP contribution in [0.2, 0.25) is 0 Å². The van der Waals surface area contributed by atoms with Crippen molar-refractivity contribution in [1.29, 1.82) is 0 Å². The van der Waals surface area contributed by atoms with Gasteiger partial charge in [-0.25, -0.2) is 0 Å². The zero-order valence-electron chi connectivity index (χ0n) is 14.3. The van der Waals surface area contributed by atoms with E-state index < -0.39 is 30.6 Å². The quantitative estimate of drug-likeness (QED) is 0.828. The molecule has 2 aliphatic rings. The van der Waals surface area contributed by atoms with E-state index in [9.17, 15) is 22.8 Å². The van der Waals surface area contributed by atoms with E-state index in [0.29, 0.717) is 12.8 Å². The van der Waals surface area contributed by atoms with E-state index in [-0.39, 0.29) is 18.3 Å². The van der Waals surface area contributed by atoms with Crippen LogP contribution in [0.4, 0.5) is 13.2 Å². The molecule has 0 spiro atoms. The lowest BCUT2D eigenvalue weighted by Crippen LogP contribution is -2.54. The molecule has 0 saturated carbocycles. The molecular weight excluding hydrogens is 351 g/mol. The number of likely N-dealkylation sites (tertiary alicyclic amines) is 1. The molecule has 144 valence electrons. The molecule has 26 heavy (non-hydrogen) atoms. The Balaban J connectivity index is 1.60. The van der Waals surface area contributed by atoms with Crippen molar-refractivity contribution < 1.29 is 22.8 Å². The molecule has 2 N–H and O–H groups in total. The molecule has 1 aromatic heterocycles. The summed E-state index contributed by atoms with van der Waals surface area (Å²) in [5.74, 6) is -1.24. The van der Waals surface area contributed by atoms with Crippen molar-refractivity contribution in [1.82, 2.24) is 25.3 Å². The van der Waals surface area contributed by atoms with Gasteiger partial charge in [0.15, 0.2) is 0 Å². The normalized spacial score (nSPS) is 24.6. The second kappa shape index (κ2) is 7.65. The molecule has 2 fully saturated rings. The molecule has 10 heteroatoms. The predicted molar refractivity (Wildman–Crippen MR) is 86.5 cm³/mol. The van der Waals surface area contributed by atoms with Gasteiger partial charge in [-0.05, 0) is 38.3 Å². The standard InChI is InChI=1S/C16H22F3N5O2/c17-16(18,19)10-23-7-2-4-13(15(23)26)21-14(25)12-5-8-24(22-12)11-3-1-6-20-9-11/h5,8,11,13,20H,1-4,6-7,9-10H2,(H,21,25). The first-order chi connectivity index (χ1) is 12.3. The number of hydrogen-bond acceptors (Lipinski definition) is 4. The summed E-state index contributed by atoms with van der Waals surface area (Å²) in [6, 6.07) is 0.786. The summed E-state index contributed by atoms with van der Waals surface area (Å²) in [6.07, 6.45) is -0.0122. The third-order valence-electron chi connectivity index (χ3n) is 4.69. The highest BCUT2D eigenvalue weighted by Gasteiger charge is 2.38. The first-order valence-electron chi connectivity index (χ1n) is 8.76. The van der Waals surface area contributed by atoms with Crippen molar-refractivity contribution in [3.8, 4) is 0 Å². The largest absolute Gasteiger partial charge is 0.406 e. The first-order valence-corrected chi connectivity index (χ1v) is 8.76. The molecule has 3 heterocycles. The molecule has 3 rings (SSSR count). The van der Waals surface area contributed by atoms with Crippen LogP contribution < -0.4 is 10.6 Å². The fourth-order valence-corrected chi connectivity index (χ4v) is 3.40. The molecule has 7 nitrogen and oxygen atoms in total. The molecule has 2 unspecified atom stereocenters. The number of nitrogens with one attached hydrogen (secondary N) is 2. The Morgan fingerprint density at radius 3 is 2.85 bits per heavy atom. The van der Waals surface area contributed by atoms with E-state index in [0.717, 1.165) is 30.8 Å². The zero-order chi connectivity index (χ0) is 18.7. The summed E-state index contributed by atoms with van der Waals surface area (Å²) in [5, 5.41) is 10.1. The fourth-order valence-electron chi connectivity index (χ4n) is 3.40. The van der Waals surface area contributed by atoms with Crippen LogP contribution in [0.1, 0.15) is 42.2 Å². The molecule has 0 radical (unpaired) electrons. The van der Waals surface area contributed by atoms with Crippen LogP contribution in [0.25, 0.3) is 0 Å². The number of rotatable bonds is 4. The number of carbonyl (C=O) groups excluding carboxylic acids is 2. The van der Waals surface area contributed by atoms with E-state index in [1.807, 2.05) is 0 Å². The van der Waals surface area contributed by atoms with Gasteiger partial charge in [-0.1, -0.05) is 0 Å². The van der Waals surface area contributed by atoms with Crippen LogP contribution in [0.3, 0.4) is 0 Å². The minimum absolute atomic E-state index is 0.0496. The third kappa shape index (κ3) is 4.54. The summed E-state index contributed by atoms with van der Waals surface area (Å²) in [5.41, 5.74) is 0.163. The van der Waals surface area contributed by atoms with Crippen LogP contribution in [-0.4, -0.2) is 64.9 Å². The summed E-state index contributed by atoms with van der Waals surface area (Å²) >= 11 is 0. The Labute approximate surface area is 148 Å². The monoisotopic (exact) mass is 373 g/mol. The molecule has 1 aromatic rings. The topological polar surface area (TPSA) is 79.3 Å². The van der Waals surface area contributed by atoms with E-state index in [1.54, 1.807) is 16.9 Å². The Morgan fingerprint density at radius 1 is 1.35 bits per heavy atom. The molecule has 2 atom stereocenters. The zero-order valence-corrected chi connectivity index (χ0v) is 14.3. The highest BCUT2D eigenvalue weighted by Crippen LogP contribution is 2.21. The highest BCUT2D eigenvalue weighted by molar-refractivity contribution is 5.96. The van der Waals surface area contributed by atoms with Crippen molar-refractivity contribution in [2.75, 3.05) is 26.2 Å². The number of carbonyl (C=O) groups is 2. The first kappa shape index (κ1) is 18.7. The lowest BCUT2D eigenvalue weighted by atomic mass is 10.0. The summed E-state index contributed by atoms with van der Waals surface area (Å²) in [7, 11) is 0. The van der Waals surface area contributed by atoms with Gasteiger partial charge in [-0.15, -0.1) is 0 Å². The van der Waals surface area contributed by atoms with Gasteiger partial charge < -0.3 is 15.5 Å². The van der Waals surface area contributed by atoms with Gasteiger partial charge >= 0.3 is 6.18 Å². The predicted octanol–water partition coefficient (Wildman–Crippen LogP) is 1.09. The van der Waals surface area contributed by atoms with Crippen molar-refractivity contribution in [3.63, 3.8) is 0 Å². The van der Waals surface area contributed by atoms with Gasteiger partial charge in [0, 0.05) is 19.3 Å². The van der Waals surface area contributed by atoms with E-state index >= 15 is 0 Å². The lowest BCUT2D eigenvalue weighted by molar-refractivity contribution is -0.164. The van der Waals surface area contributed by atoms with Gasteiger partial charge in [0.2, 0.25) is 5.91 Å². The molecule has 2 amide bonds.